The van der Waals surface area contributed by atoms with Gasteiger partial charge in [-0.25, -0.2) is 4.79 Å². The molecule has 12 heteroatoms. The summed E-state index contributed by atoms with van der Waals surface area (Å²) in [6, 6.07) is 11.6. The molecule has 0 bridgehead atoms. The summed E-state index contributed by atoms with van der Waals surface area (Å²) in [7, 11) is 1.66. The maximum absolute atomic E-state index is 13.7. The topological polar surface area (TPSA) is 123 Å². The quantitative estimate of drug-likeness (QED) is 0.522. The van der Waals surface area contributed by atoms with Crippen LogP contribution in [0.3, 0.4) is 0 Å². The second kappa shape index (κ2) is 10.7. The summed E-state index contributed by atoms with van der Waals surface area (Å²) in [5, 5.41) is 14.8. The van der Waals surface area contributed by atoms with Gasteiger partial charge in [-0.3, -0.25) is 9.59 Å². The SMILES string of the molecule is CCOC(=O)CNC(=O)N1Cc2ccccc2N(C(=O)c2ccc(-c3nnn(C)n3)cc2Cl)C[C@H]1C. The van der Waals surface area contributed by atoms with E-state index in [0.29, 0.717) is 22.6 Å². The number of hydrogen-bond donors (Lipinski definition) is 1. The van der Waals surface area contributed by atoms with Gasteiger partial charge in [-0.05, 0) is 42.8 Å². The van der Waals surface area contributed by atoms with Crippen LogP contribution in [0.1, 0.15) is 29.8 Å². The van der Waals surface area contributed by atoms with Gasteiger partial charge in [0.15, 0.2) is 0 Å². The Morgan fingerprint density at radius 1 is 1.19 bits per heavy atom. The molecule has 3 aromatic rings. The second-order valence-electron chi connectivity index (χ2n) is 8.28. The first kappa shape index (κ1) is 25.1. The van der Waals surface area contributed by atoms with Crippen LogP contribution in [-0.2, 0) is 23.1 Å². The normalized spacial score (nSPS) is 15.2. The number of para-hydroxylation sites is 1. The van der Waals surface area contributed by atoms with E-state index in [1.807, 2.05) is 31.2 Å². The number of carbonyl (C=O) groups excluding carboxylic acids is 3. The summed E-state index contributed by atoms with van der Waals surface area (Å²) >= 11 is 6.53. The monoisotopic (exact) mass is 511 g/mol. The number of amides is 3. The number of nitrogens with zero attached hydrogens (tertiary/aromatic N) is 6. The molecule has 2 aromatic carbocycles. The Kier molecular flexibility index (Phi) is 7.49. The Hall–Kier alpha value is -3.99. The number of anilines is 1. The van der Waals surface area contributed by atoms with Crippen molar-refractivity contribution in [1.82, 2.24) is 30.4 Å². The van der Waals surface area contributed by atoms with Crippen LogP contribution in [0.5, 0.6) is 0 Å². The molecule has 0 spiro atoms. The average molecular weight is 512 g/mol. The fourth-order valence-corrected chi connectivity index (χ4v) is 4.27. The Labute approximate surface area is 213 Å². The fourth-order valence-electron chi connectivity index (χ4n) is 4.01. The number of halogens is 1. The van der Waals surface area contributed by atoms with Crippen LogP contribution in [0.2, 0.25) is 5.02 Å². The first-order valence-corrected chi connectivity index (χ1v) is 11.8. The standard InChI is InChI=1S/C24H26ClN7O4/c1-4-36-21(33)12-26-24(35)31-14-17-7-5-6-8-20(17)32(13-15(31)2)23(34)18-10-9-16(11-19(18)25)22-27-29-30(3)28-22/h5-11,15H,4,12-14H2,1-3H3,(H,26,35)/t15-/m1/s1. The van der Waals surface area contributed by atoms with Crippen molar-refractivity contribution in [3.8, 4) is 11.4 Å². The molecule has 1 atom stereocenters. The molecule has 11 nitrogen and oxygen atoms in total. The molecule has 1 aliphatic heterocycles. The molecule has 188 valence electrons. The number of esters is 1. The van der Waals surface area contributed by atoms with Crippen molar-refractivity contribution in [3.05, 3.63) is 58.6 Å². The largest absolute Gasteiger partial charge is 0.465 e. The molecule has 1 N–H and O–H groups in total. The van der Waals surface area contributed by atoms with Crippen molar-refractivity contribution in [2.75, 3.05) is 24.6 Å². The van der Waals surface area contributed by atoms with E-state index in [4.69, 9.17) is 16.3 Å². The lowest BCUT2D eigenvalue weighted by Gasteiger charge is -2.29. The first-order valence-electron chi connectivity index (χ1n) is 11.4. The molecule has 1 aliphatic rings. The van der Waals surface area contributed by atoms with E-state index in [9.17, 15) is 14.4 Å². The summed E-state index contributed by atoms with van der Waals surface area (Å²) in [6.45, 7) is 4.04. The van der Waals surface area contributed by atoms with Gasteiger partial charge in [-0.1, -0.05) is 35.9 Å². The molecule has 0 saturated heterocycles. The number of ether oxygens (including phenoxy) is 1. The predicted molar refractivity (Wildman–Crippen MR) is 132 cm³/mol. The van der Waals surface area contributed by atoms with Gasteiger partial charge in [0.25, 0.3) is 5.91 Å². The van der Waals surface area contributed by atoms with Crippen LogP contribution >= 0.6 is 11.6 Å². The van der Waals surface area contributed by atoms with Gasteiger partial charge >= 0.3 is 12.0 Å². The van der Waals surface area contributed by atoms with Crippen LogP contribution in [-0.4, -0.2) is 68.8 Å². The zero-order valence-corrected chi connectivity index (χ0v) is 20.9. The highest BCUT2D eigenvalue weighted by Gasteiger charge is 2.32. The van der Waals surface area contributed by atoms with Gasteiger partial charge in [-0.15, -0.1) is 10.2 Å². The van der Waals surface area contributed by atoms with Gasteiger partial charge < -0.3 is 19.9 Å². The molecule has 2 heterocycles. The number of nitrogens with one attached hydrogen (secondary N) is 1. The van der Waals surface area contributed by atoms with Gasteiger partial charge in [0.2, 0.25) is 5.82 Å². The van der Waals surface area contributed by atoms with Crippen molar-refractivity contribution in [3.63, 3.8) is 0 Å². The highest BCUT2D eigenvalue weighted by molar-refractivity contribution is 6.34. The zero-order chi connectivity index (χ0) is 25.8. The number of tetrazole rings is 1. The van der Waals surface area contributed by atoms with Crippen molar-refractivity contribution in [2.24, 2.45) is 7.05 Å². The first-order chi connectivity index (χ1) is 17.3. The number of rotatable bonds is 5. The highest BCUT2D eigenvalue weighted by atomic mass is 35.5. The molecule has 0 aliphatic carbocycles. The molecule has 4 rings (SSSR count). The number of benzene rings is 2. The van der Waals surface area contributed by atoms with E-state index < -0.39 is 12.0 Å². The number of aryl methyl sites for hydroxylation is 1. The maximum Gasteiger partial charge on any atom is 0.325 e. The van der Waals surface area contributed by atoms with Crippen LogP contribution in [0.25, 0.3) is 11.4 Å². The van der Waals surface area contributed by atoms with E-state index in [0.717, 1.165) is 5.56 Å². The van der Waals surface area contributed by atoms with Crippen LogP contribution < -0.4 is 10.2 Å². The number of carbonyl (C=O) groups is 3. The van der Waals surface area contributed by atoms with Crippen LogP contribution in [0.15, 0.2) is 42.5 Å². The molecule has 0 saturated carbocycles. The third-order valence-corrected chi connectivity index (χ3v) is 6.08. The summed E-state index contributed by atoms with van der Waals surface area (Å²) in [6.07, 6.45) is 0. The zero-order valence-electron chi connectivity index (χ0n) is 20.1. The summed E-state index contributed by atoms with van der Waals surface area (Å²) in [5.74, 6) is -0.413. The van der Waals surface area contributed by atoms with Gasteiger partial charge in [0.1, 0.15) is 6.54 Å². The Balaban J connectivity index is 1.59. The minimum absolute atomic E-state index is 0.229. The molecule has 0 unspecified atom stereocenters. The molecular formula is C24H26ClN7O4. The third kappa shape index (κ3) is 5.30. The van der Waals surface area contributed by atoms with Crippen LogP contribution in [0, 0.1) is 0 Å². The fraction of sp³-hybridized carbons (Fsp3) is 0.333. The Bertz CT molecular complexity index is 1290. The highest BCUT2D eigenvalue weighted by Crippen LogP contribution is 2.31. The smallest absolute Gasteiger partial charge is 0.325 e. The maximum atomic E-state index is 13.7. The number of fused-ring (bicyclic) bond motifs is 1. The Morgan fingerprint density at radius 2 is 1.97 bits per heavy atom. The van der Waals surface area contributed by atoms with E-state index >= 15 is 0 Å². The number of hydrogen-bond acceptors (Lipinski definition) is 7. The molecule has 0 fully saturated rings. The summed E-state index contributed by atoms with van der Waals surface area (Å²) in [5.41, 5.74) is 2.43. The van der Waals surface area contributed by atoms with Crippen molar-refractivity contribution < 1.29 is 19.1 Å². The van der Waals surface area contributed by atoms with E-state index in [1.165, 1.54) is 4.80 Å². The summed E-state index contributed by atoms with van der Waals surface area (Å²) < 4.78 is 4.88. The molecular weight excluding hydrogens is 486 g/mol. The lowest BCUT2D eigenvalue weighted by Crippen LogP contribution is -2.49. The van der Waals surface area contributed by atoms with E-state index in [1.54, 1.807) is 42.0 Å². The number of aromatic nitrogens is 4. The van der Waals surface area contributed by atoms with E-state index in [-0.39, 0.29) is 43.2 Å². The van der Waals surface area contributed by atoms with Crippen LogP contribution in [0.4, 0.5) is 10.5 Å². The Morgan fingerprint density at radius 3 is 2.67 bits per heavy atom. The van der Waals surface area contributed by atoms with Crippen molar-refractivity contribution in [2.45, 2.75) is 26.4 Å². The van der Waals surface area contributed by atoms with Crippen molar-refractivity contribution >= 4 is 35.2 Å². The predicted octanol–water partition coefficient (Wildman–Crippen LogP) is 2.65. The van der Waals surface area contributed by atoms with Gasteiger partial charge in [-0.2, -0.15) is 4.80 Å². The lowest BCUT2D eigenvalue weighted by atomic mass is 10.1. The average Bonchev–Trinajstić information content (AvgIpc) is 3.24. The summed E-state index contributed by atoms with van der Waals surface area (Å²) in [4.78, 5) is 42.9. The lowest BCUT2D eigenvalue weighted by molar-refractivity contribution is -0.141. The minimum Gasteiger partial charge on any atom is -0.465 e. The molecule has 0 radical (unpaired) electrons. The third-order valence-electron chi connectivity index (χ3n) is 5.76. The number of urea groups is 1. The minimum atomic E-state index is -0.514. The second-order valence-corrected chi connectivity index (χ2v) is 8.69. The van der Waals surface area contributed by atoms with E-state index in [2.05, 4.69) is 20.7 Å². The van der Waals surface area contributed by atoms with Crippen molar-refractivity contribution in [1.29, 1.82) is 0 Å². The van der Waals surface area contributed by atoms with Gasteiger partial charge in [0, 0.05) is 30.4 Å². The molecule has 1 aromatic heterocycles. The molecule has 36 heavy (non-hydrogen) atoms. The van der Waals surface area contributed by atoms with Gasteiger partial charge in [0.05, 0.1) is 24.2 Å². The molecule has 3 amide bonds.